The number of hydrogen-bond acceptors (Lipinski definition) is 5. The highest BCUT2D eigenvalue weighted by Gasteiger charge is 2.16. The molecule has 0 bridgehead atoms. The van der Waals surface area contributed by atoms with E-state index in [1.807, 2.05) is 24.3 Å². The lowest BCUT2D eigenvalue weighted by Gasteiger charge is -2.03. The van der Waals surface area contributed by atoms with Gasteiger partial charge in [-0.25, -0.2) is 4.98 Å². The Kier molecular flexibility index (Phi) is 3.82. The van der Waals surface area contributed by atoms with Crippen molar-refractivity contribution < 1.29 is 14.1 Å². The Morgan fingerprint density at radius 1 is 1.18 bits per heavy atom. The van der Waals surface area contributed by atoms with E-state index >= 15 is 0 Å². The number of para-hydroxylation sites is 1. The van der Waals surface area contributed by atoms with Crippen molar-refractivity contribution in [2.45, 2.75) is 0 Å². The molecule has 0 saturated carbocycles. The smallest absolute Gasteiger partial charge is 0.279 e. The minimum Gasteiger partial charge on any atom is -0.496 e. The quantitative estimate of drug-likeness (QED) is 0.800. The molecule has 1 N–H and O–H groups in total. The maximum absolute atomic E-state index is 12.1. The third kappa shape index (κ3) is 2.80. The molecule has 0 aliphatic rings. The molecular formula is C16H13N3O3. The lowest BCUT2D eigenvalue weighted by Crippen LogP contribution is -2.12. The normalized spacial score (nSPS) is 10.2. The highest BCUT2D eigenvalue weighted by molar-refractivity contribution is 6.02. The van der Waals surface area contributed by atoms with Crippen LogP contribution in [-0.2, 0) is 0 Å². The number of ether oxygens (including phenoxy) is 1. The summed E-state index contributed by atoms with van der Waals surface area (Å²) in [4.78, 5) is 16.1. The first-order valence-electron chi connectivity index (χ1n) is 6.60. The summed E-state index contributed by atoms with van der Waals surface area (Å²) in [6.45, 7) is 0. The van der Waals surface area contributed by atoms with E-state index in [0.29, 0.717) is 17.3 Å². The fraction of sp³-hybridized carbons (Fsp3) is 0.0625. The minimum absolute atomic E-state index is 0.173. The van der Waals surface area contributed by atoms with E-state index in [4.69, 9.17) is 9.26 Å². The van der Waals surface area contributed by atoms with Gasteiger partial charge in [-0.15, -0.1) is 0 Å². The Morgan fingerprint density at radius 2 is 2.00 bits per heavy atom. The van der Waals surface area contributed by atoms with Gasteiger partial charge in [0.2, 0.25) is 0 Å². The molecule has 6 heteroatoms. The number of nitrogens with zero attached hydrogens (tertiary/aromatic N) is 2. The molecule has 0 aliphatic carbocycles. The molecule has 1 aromatic carbocycles. The Morgan fingerprint density at radius 3 is 2.77 bits per heavy atom. The molecule has 2 heterocycles. The Bertz CT molecular complexity index is 784. The largest absolute Gasteiger partial charge is 0.496 e. The number of methoxy groups -OCH3 is 1. The Labute approximate surface area is 126 Å². The second-order valence-electron chi connectivity index (χ2n) is 4.45. The molecule has 3 rings (SSSR count). The highest BCUT2D eigenvalue weighted by atomic mass is 16.5. The van der Waals surface area contributed by atoms with Gasteiger partial charge in [0.1, 0.15) is 11.6 Å². The van der Waals surface area contributed by atoms with Crippen LogP contribution in [0.3, 0.4) is 0 Å². The zero-order valence-electron chi connectivity index (χ0n) is 11.8. The van der Waals surface area contributed by atoms with Crippen LogP contribution in [0, 0.1) is 0 Å². The van der Waals surface area contributed by atoms with Crippen LogP contribution in [0.25, 0.3) is 11.3 Å². The van der Waals surface area contributed by atoms with E-state index in [1.165, 1.54) is 0 Å². The third-order valence-electron chi connectivity index (χ3n) is 3.02. The second-order valence-corrected chi connectivity index (χ2v) is 4.45. The van der Waals surface area contributed by atoms with Gasteiger partial charge in [-0.05, 0) is 24.3 Å². The van der Waals surface area contributed by atoms with Crippen molar-refractivity contribution in [2.75, 3.05) is 12.4 Å². The molecule has 0 saturated heterocycles. The van der Waals surface area contributed by atoms with Crippen LogP contribution >= 0.6 is 0 Å². The van der Waals surface area contributed by atoms with Gasteiger partial charge in [0.05, 0.1) is 12.7 Å². The SMILES string of the molecule is COc1ccccc1-c1cc(C(=O)Nc2ccccn2)no1. The van der Waals surface area contributed by atoms with E-state index < -0.39 is 0 Å². The molecule has 0 unspecified atom stereocenters. The van der Waals surface area contributed by atoms with Crippen LogP contribution in [0.2, 0.25) is 0 Å². The van der Waals surface area contributed by atoms with Crippen LogP contribution in [0.5, 0.6) is 5.75 Å². The molecule has 2 aromatic heterocycles. The van der Waals surface area contributed by atoms with E-state index in [0.717, 1.165) is 5.56 Å². The van der Waals surface area contributed by atoms with Crippen LogP contribution in [0.4, 0.5) is 5.82 Å². The number of carbonyl (C=O) groups excluding carboxylic acids is 1. The molecule has 0 fully saturated rings. The number of rotatable bonds is 4. The molecule has 1 amide bonds. The molecule has 3 aromatic rings. The van der Waals surface area contributed by atoms with E-state index in [9.17, 15) is 4.79 Å². The lowest BCUT2D eigenvalue weighted by atomic mass is 10.1. The zero-order chi connectivity index (χ0) is 15.4. The van der Waals surface area contributed by atoms with Gasteiger partial charge in [-0.2, -0.15) is 0 Å². The number of hydrogen-bond donors (Lipinski definition) is 1. The zero-order valence-corrected chi connectivity index (χ0v) is 11.8. The Hall–Kier alpha value is -3.15. The maximum atomic E-state index is 12.1. The van der Waals surface area contributed by atoms with Gasteiger partial charge in [0.15, 0.2) is 11.5 Å². The van der Waals surface area contributed by atoms with Crippen molar-refractivity contribution in [3.8, 4) is 17.1 Å². The topological polar surface area (TPSA) is 77.2 Å². The molecule has 22 heavy (non-hydrogen) atoms. The molecule has 0 aliphatic heterocycles. The van der Waals surface area contributed by atoms with Gasteiger partial charge in [0.25, 0.3) is 5.91 Å². The predicted molar refractivity (Wildman–Crippen MR) is 80.7 cm³/mol. The number of anilines is 1. The number of benzene rings is 1. The molecule has 0 spiro atoms. The van der Waals surface area contributed by atoms with Crippen LogP contribution < -0.4 is 10.1 Å². The summed E-state index contributed by atoms with van der Waals surface area (Å²) in [5.41, 5.74) is 0.904. The monoisotopic (exact) mass is 295 g/mol. The molecular weight excluding hydrogens is 282 g/mol. The lowest BCUT2D eigenvalue weighted by molar-refractivity contribution is 0.101. The summed E-state index contributed by atoms with van der Waals surface area (Å²) in [7, 11) is 1.57. The second kappa shape index (κ2) is 6.09. The van der Waals surface area contributed by atoms with Crippen LogP contribution in [0.15, 0.2) is 59.3 Å². The van der Waals surface area contributed by atoms with Crippen molar-refractivity contribution in [3.05, 3.63) is 60.4 Å². The highest BCUT2D eigenvalue weighted by Crippen LogP contribution is 2.29. The summed E-state index contributed by atoms with van der Waals surface area (Å²) >= 11 is 0. The summed E-state index contributed by atoms with van der Waals surface area (Å²) in [5.74, 6) is 1.18. The third-order valence-corrected chi connectivity index (χ3v) is 3.02. The number of aromatic nitrogens is 2. The standard InChI is InChI=1S/C16H13N3O3/c1-21-13-7-3-2-6-11(13)14-10-12(19-22-14)16(20)18-15-8-4-5-9-17-15/h2-10H,1H3,(H,17,18,20). The van der Waals surface area contributed by atoms with Gasteiger partial charge >= 0.3 is 0 Å². The first-order valence-corrected chi connectivity index (χ1v) is 6.60. The number of carbonyl (C=O) groups is 1. The summed E-state index contributed by atoms with van der Waals surface area (Å²) in [6.07, 6.45) is 1.60. The summed E-state index contributed by atoms with van der Waals surface area (Å²) in [5, 5.41) is 6.44. The summed E-state index contributed by atoms with van der Waals surface area (Å²) < 4.78 is 10.5. The van der Waals surface area contributed by atoms with Crippen LogP contribution in [0.1, 0.15) is 10.5 Å². The average molecular weight is 295 g/mol. The average Bonchev–Trinajstić information content (AvgIpc) is 3.05. The van der Waals surface area contributed by atoms with E-state index in [2.05, 4.69) is 15.5 Å². The molecule has 110 valence electrons. The van der Waals surface area contributed by atoms with Gasteiger partial charge in [-0.3, -0.25) is 4.79 Å². The van der Waals surface area contributed by atoms with E-state index in [-0.39, 0.29) is 11.6 Å². The Balaban J connectivity index is 1.83. The van der Waals surface area contributed by atoms with Gasteiger partial charge in [0, 0.05) is 12.3 Å². The summed E-state index contributed by atoms with van der Waals surface area (Å²) in [6, 6.07) is 14.2. The maximum Gasteiger partial charge on any atom is 0.279 e. The fourth-order valence-electron chi connectivity index (χ4n) is 1.97. The minimum atomic E-state index is -0.386. The predicted octanol–water partition coefficient (Wildman–Crippen LogP) is 3.00. The molecule has 6 nitrogen and oxygen atoms in total. The van der Waals surface area contributed by atoms with Gasteiger partial charge in [-0.1, -0.05) is 23.4 Å². The molecule has 0 atom stereocenters. The van der Waals surface area contributed by atoms with Crippen molar-refractivity contribution in [2.24, 2.45) is 0 Å². The molecule has 0 radical (unpaired) electrons. The van der Waals surface area contributed by atoms with Crippen LogP contribution in [-0.4, -0.2) is 23.2 Å². The van der Waals surface area contributed by atoms with E-state index in [1.54, 1.807) is 37.6 Å². The van der Waals surface area contributed by atoms with Crippen molar-refractivity contribution in [3.63, 3.8) is 0 Å². The number of nitrogens with one attached hydrogen (secondary N) is 1. The van der Waals surface area contributed by atoms with Crippen molar-refractivity contribution in [1.29, 1.82) is 0 Å². The van der Waals surface area contributed by atoms with Gasteiger partial charge < -0.3 is 14.6 Å². The van der Waals surface area contributed by atoms with Crippen molar-refractivity contribution >= 4 is 11.7 Å². The first-order chi connectivity index (χ1) is 10.8. The number of amides is 1. The fourth-order valence-corrected chi connectivity index (χ4v) is 1.97. The first kappa shape index (κ1) is 13.8. The number of pyridine rings is 1. The van der Waals surface area contributed by atoms with Crippen molar-refractivity contribution in [1.82, 2.24) is 10.1 Å².